The third-order valence-corrected chi connectivity index (χ3v) is 5.08. The van der Waals surface area contributed by atoms with Gasteiger partial charge in [0.05, 0.1) is 0 Å². The lowest BCUT2D eigenvalue weighted by Gasteiger charge is -2.28. The Kier molecular flexibility index (Phi) is 9.33. The first-order chi connectivity index (χ1) is 7.24. The van der Waals surface area contributed by atoms with E-state index in [0.29, 0.717) is 19.8 Å². The average Bonchev–Trinajstić information content (AvgIpc) is 2.19. The second kappa shape index (κ2) is 9.29. The van der Waals surface area contributed by atoms with Gasteiger partial charge in [-0.25, -0.2) is 0 Å². The summed E-state index contributed by atoms with van der Waals surface area (Å²) in [6.45, 7) is 8.54. The molecule has 0 atom stereocenters. The van der Waals surface area contributed by atoms with Crippen molar-refractivity contribution in [2.75, 3.05) is 33.5 Å². The van der Waals surface area contributed by atoms with E-state index in [-0.39, 0.29) is 0 Å². The van der Waals surface area contributed by atoms with Crippen LogP contribution in [0.15, 0.2) is 0 Å². The van der Waals surface area contributed by atoms with E-state index in [9.17, 15) is 0 Å². The highest BCUT2D eigenvalue weighted by Crippen LogP contribution is 2.17. The predicted molar refractivity (Wildman–Crippen MR) is 61.9 cm³/mol. The highest BCUT2D eigenvalue weighted by Gasteiger charge is 2.39. The molecule has 4 nitrogen and oxygen atoms in total. The Morgan fingerprint density at radius 2 is 1.33 bits per heavy atom. The van der Waals surface area contributed by atoms with Gasteiger partial charge in [0, 0.05) is 39.6 Å². The van der Waals surface area contributed by atoms with Crippen molar-refractivity contribution >= 4 is 8.80 Å². The third kappa shape index (κ3) is 6.27. The SMILES string of the molecule is CCO[Si](CCCOC)(OCC)OCC. The summed E-state index contributed by atoms with van der Waals surface area (Å²) < 4.78 is 22.1. The van der Waals surface area contributed by atoms with Gasteiger partial charge in [-0.15, -0.1) is 0 Å². The van der Waals surface area contributed by atoms with Gasteiger partial charge in [0.1, 0.15) is 0 Å². The fourth-order valence-electron chi connectivity index (χ4n) is 1.43. The molecule has 0 saturated heterocycles. The van der Waals surface area contributed by atoms with E-state index in [1.807, 2.05) is 20.8 Å². The Morgan fingerprint density at radius 3 is 1.67 bits per heavy atom. The molecule has 5 heteroatoms. The zero-order chi connectivity index (χ0) is 11.6. The Bertz CT molecular complexity index is 126. The molecule has 0 radical (unpaired) electrons. The van der Waals surface area contributed by atoms with Gasteiger partial charge in [-0.2, -0.15) is 0 Å². The maximum absolute atomic E-state index is 5.70. The van der Waals surface area contributed by atoms with Crippen molar-refractivity contribution < 1.29 is 18.0 Å². The van der Waals surface area contributed by atoms with Crippen molar-refractivity contribution in [1.29, 1.82) is 0 Å². The Labute approximate surface area is 94.2 Å². The van der Waals surface area contributed by atoms with E-state index in [4.69, 9.17) is 18.0 Å². The van der Waals surface area contributed by atoms with Crippen LogP contribution in [0.2, 0.25) is 6.04 Å². The molecule has 0 aromatic rings. The van der Waals surface area contributed by atoms with Gasteiger partial charge in [-0.3, -0.25) is 0 Å². The molecule has 0 fully saturated rings. The molecule has 0 amide bonds. The number of rotatable bonds is 10. The van der Waals surface area contributed by atoms with Crippen LogP contribution < -0.4 is 0 Å². The maximum atomic E-state index is 5.70. The summed E-state index contributed by atoms with van der Waals surface area (Å²) in [5, 5.41) is 0. The standard InChI is InChI=1S/C10H24O4Si/c1-5-12-15(13-6-2,14-7-3)10-8-9-11-4/h5-10H2,1-4H3. The van der Waals surface area contributed by atoms with E-state index in [0.717, 1.165) is 19.1 Å². The molecule has 0 unspecified atom stereocenters. The summed E-state index contributed by atoms with van der Waals surface area (Å²) in [6.07, 6.45) is 0.919. The third-order valence-electron chi connectivity index (χ3n) is 1.92. The number of methoxy groups -OCH3 is 1. The Morgan fingerprint density at radius 1 is 0.867 bits per heavy atom. The van der Waals surface area contributed by atoms with Crippen molar-refractivity contribution in [3.63, 3.8) is 0 Å². The quantitative estimate of drug-likeness (QED) is 0.430. The van der Waals surface area contributed by atoms with Crippen LogP contribution in [0.1, 0.15) is 27.2 Å². The summed E-state index contributed by atoms with van der Waals surface area (Å²) in [4.78, 5) is 0. The van der Waals surface area contributed by atoms with Crippen LogP contribution in [0.4, 0.5) is 0 Å². The zero-order valence-corrected chi connectivity index (χ0v) is 11.4. The van der Waals surface area contributed by atoms with Gasteiger partial charge in [0.2, 0.25) is 0 Å². The number of hydrogen-bond acceptors (Lipinski definition) is 4. The molecular weight excluding hydrogens is 212 g/mol. The first-order valence-corrected chi connectivity index (χ1v) is 7.58. The van der Waals surface area contributed by atoms with Gasteiger partial charge >= 0.3 is 8.80 Å². The van der Waals surface area contributed by atoms with E-state index >= 15 is 0 Å². The van der Waals surface area contributed by atoms with E-state index in [1.54, 1.807) is 7.11 Å². The fraction of sp³-hybridized carbons (Fsp3) is 1.00. The molecule has 0 saturated carbocycles. The summed E-state index contributed by atoms with van der Waals surface area (Å²) in [5.74, 6) is 0. The van der Waals surface area contributed by atoms with Crippen LogP contribution in [0.5, 0.6) is 0 Å². The molecule has 92 valence electrons. The molecule has 0 heterocycles. The molecule has 0 spiro atoms. The van der Waals surface area contributed by atoms with Crippen molar-refractivity contribution in [2.45, 2.75) is 33.2 Å². The summed E-state index contributed by atoms with van der Waals surface area (Å²) in [6, 6.07) is 0.830. The lowest BCUT2D eigenvalue weighted by molar-refractivity contribution is 0.0682. The van der Waals surface area contributed by atoms with Crippen LogP contribution in [0, 0.1) is 0 Å². The maximum Gasteiger partial charge on any atom is 0.501 e. The summed E-state index contributed by atoms with van der Waals surface area (Å²) in [7, 11) is -0.713. The molecule has 0 bridgehead atoms. The molecule has 0 aromatic heterocycles. The first kappa shape index (κ1) is 15.1. The van der Waals surface area contributed by atoms with Gasteiger partial charge in [0.15, 0.2) is 0 Å². The first-order valence-electron chi connectivity index (χ1n) is 5.65. The van der Waals surface area contributed by atoms with E-state index in [2.05, 4.69) is 0 Å². The Balaban J connectivity index is 4.18. The Hall–Kier alpha value is 0.0569. The minimum Gasteiger partial charge on any atom is -0.385 e. The largest absolute Gasteiger partial charge is 0.501 e. The smallest absolute Gasteiger partial charge is 0.385 e. The van der Waals surface area contributed by atoms with Gasteiger partial charge in [0.25, 0.3) is 0 Å². The van der Waals surface area contributed by atoms with E-state index in [1.165, 1.54) is 0 Å². The number of hydrogen-bond donors (Lipinski definition) is 0. The van der Waals surface area contributed by atoms with Gasteiger partial charge < -0.3 is 18.0 Å². The van der Waals surface area contributed by atoms with E-state index < -0.39 is 8.80 Å². The summed E-state index contributed by atoms with van der Waals surface area (Å²) in [5.41, 5.74) is 0. The minimum atomic E-state index is -2.41. The number of ether oxygens (including phenoxy) is 1. The highest BCUT2D eigenvalue weighted by atomic mass is 28.4. The van der Waals surface area contributed by atoms with Crippen LogP contribution >= 0.6 is 0 Å². The average molecular weight is 236 g/mol. The zero-order valence-electron chi connectivity index (χ0n) is 10.4. The van der Waals surface area contributed by atoms with Crippen molar-refractivity contribution in [3.05, 3.63) is 0 Å². The van der Waals surface area contributed by atoms with Gasteiger partial charge in [-0.05, 0) is 27.2 Å². The molecule has 0 aliphatic carbocycles. The molecule has 0 N–H and O–H groups in total. The second-order valence-electron chi connectivity index (χ2n) is 3.08. The molecule has 0 aliphatic rings. The molecule has 15 heavy (non-hydrogen) atoms. The monoisotopic (exact) mass is 236 g/mol. The fourth-order valence-corrected chi connectivity index (χ4v) is 4.01. The highest BCUT2D eigenvalue weighted by molar-refractivity contribution is 6.60. The summed E-state index contributed by atoms with van der Waals surface area (Å²) >= 11 is 0. The minimum absolute atomic E-state index is 0.638. The molecule has 0 aromatic carbocycles. The van der Waals surface area contributed by atoms with Crippen LogP contribution in [0.3, 0.4) is 0 Å². The van der Waals surface area contributed by atoms with Gasteiger partial charge in [-0.1, -0.05) is 0 Å². The second-order valence-corrected chi connectivity index (χ2v) is 5.81. The van der Waals surface area contributed by atoms with Crippen molar-refractivity contribution in [3.8, 4) is 0 Å². The topological polar surface area (TPSA) is 36.9 Å². The molecule has 0 rings (SSSR count). The van der Waals surface area contributed by atoms with Crippen LogP contribution in [0.25, 0.3) is 0 Å². The normalized spacial score (nSPS) is 12.0. The lowest BCUT2D eigenvalue weighted by Crippen LogP contribution is -2.46. The molecular formula is C10H24O4Si. The predicted octanol–water partition coefficient (Wildman–Crippen LogP) is 2.07. The van der Waals surface area contributed by atoms with Crippen LogP contribution in [-0.4, -0.2) is 42.3 Å². The van der Waals surface area contributed by atoms with Crippen molar-refractivity contribution in [1.82, 2.24) is 0 Å². The lowest BCUT2D eigenvalue weighted by atomic mass is 10.5. The molecule has 0 aliphatic heterocycles. The van der Waals surface area contributed by atoms with Crippen molar-refractivity contribution in [2.24, 2.45) is 0 Å². The van der Waals surface area contributed by atoms with Crippen LogP contribution in [-0.2, 0) is 18.0 Å².